The van der Waals surface area contributed by atoms with Crippen molar-refractivity contribution in [2.24, 2.45) is 0 Å². The van der Waals surface area contributed by atoms with Crippen molar-refractivity contribution < 1.29 is 9.53 Å². The first kappa shape index (κ1) is 19.6. The zero-order valence-electron chi connectivity index (χ0n) is 17.7. The maximum absolute atomic E-state index is 13.2. The quantitative estimate of drug-likeness (QED) is 0.640. The van der Waals surface area contributed by atoms with Crippen molar-refractivity contribution in [3.8, 4) is 5.69 Å². The number of piperidine rings is 1. The zero-order chi connectivity index (χ0) is 21.4. The highest BCUT2D eigenvalue weighted by atomic mass is 16.5. The van der Waals surface area contributed by atoms with Crippen LogP contribution in [0.5, 0.6) is 0 Å². The Hall–Kier alpha value is -3.33. The number of carbonyl (C=O) groups excluding carboxylic acids is 1. The number of amides is 1. The first-order chi connectivity index (χ1) is 15.1. The van der Waals surface area contributed by atoms with Crippen LogP contribution in [0.25, 0.3) is 5.69 Å². The number of hydrogen-bond acceptors (Lipinski definition) is 7. The number of carbonyl (C=O) groups is 1. The second-order valence-corrected chi connectivity index (χ2v) is 8.24. The Balaban J connectivity index is 1.35. The van der Waals surface area contributed by atoms with E-state index in [9.17, 15) is 4.79 Å². The van der Waals surface area contributed by atoms with E-state index in [0.717, 1.165) is 36.2 Å². The van der Waals surface area contributed by atoms with Gasteiger partial charge in [-0.15, -0.1) is 10.2 Å². The SMILES string of the molecule is CN(C)c1ncc2c(n1)C1(CCN(C(=O)c3cccc(-n4cnnc4)c3)CC1)OCC2. The fourth-order valence-electron chi connectivity index (χ4n) is 4.38. The molecule has 1 amide bonds. The molecular formula is C22H25N7O2. The van der Waals surface area contributed by atoms with E-state index < -0.39 is 5.60 Å². The van der Waals surface area contributed by atoms with Crippen molar-refractivity contribution in [3.63, 3.8) is 0 Å². The fourth-order valence-corrected chi connectivity index (χ4v) is 4.38. The average molecular weight is 419 g/mol. The lowest BCUT2D eigenvalue weighted by Crippen LogP contribution is -2.49. The van der Waals surface area contributed by atoms with Gasteiger partial charge in [-0.1, -0.05) is 6.07 Å². The van der Waals surface area contributed by atoms with Gasteiger partial charge in [-0.2, -0.15) is 0 Å². The molecule has 1 fully saturated rings. The number of nitrogens with zero attached hydrogens (tertiary/aromatic N) is 7. The van der Waals surface area contributed by atoms with Gasteiger partial charge in [0, 0.05) is 44.6 Å². The Bertz CT molecular complexity index is 1090. The first-order valence-electron chi connectivity index (χ1n) is 10.5. The Morgan fingerprint density at radius 2 is 1.94 bits per heavy atom. The third-order valence-electron chi connectivity index (χ3n) is 6.10. The summed E-state index contributed by atoms with van der Waals surface area (Å²) in [5.41, 5.74) is 3.21. The lowest BCUT2D eigenvalue weighted by Gasteiger charge is -2.44. The maximum atomic E-state index is 13.2. The Labute approximate surface area is 180 Å². The highest BCUT2D eigenvalue weighted by molar-refractivity contribution is 5.94. The first-order valence-corrected chi connectivity index (χ1v) is 10.5. The fraction of sp³-hybridized carbons (Fsp3) is 0.409. The highest BCUT2D eigenvalue weighted by Gasteiger charge is 2.43. The van der Waals surface area contributed by atoms with Gasteiger partial charge in [0.1, 0.15) is 18.3 Å². The molecule has 1 spiro atoms. The molecular weight excluding hydrogens is 394 g/mol. The smallest absolute Gasteiger partial charge is 0.253 e. The van der Waals surface area contributed by atoms with Gasteiger partial charge in [0.25, 0.3) is 5.91 Å². The number of ether oxygens (including phenoxy) is 1. The van der Waals surface area contributed by atoms with E-state index in [2.05, 4.69) is 15.2 Å². The lowest BCUT2D eigenvalue weighted by molar-refractivity contribution is -0.0967. The molecule has 0 saturated carbocycles. The Morgan fingerprint density at radius 3 is 2.68 bits per heavy atom. The third kappa shape index (κ3) is 3.54. The van der Waals surface area contributed by atoms with Crippen LogP contribution in [0.3, 0.4) is 0 Å². The predicted molar refractivity (Wildman–Crippen MR) is 114 cm³/mol. The van der Waals surface area contributed by atoms with Crippen molar-refractivity contribution in [3.05, 3.63) is 59.9 Å². The lowest BCUT2D eigenvalue weighted by atomic mass is 9.83. The molecule has 2 aliphatic rings. The van der Waals surface area contributed by atoms with Gasteiger partial charge in [0.05, 0.1) is 12.3 Å². The van der Waals surface area contributed by atoms with Gasteiger partial charge in [0.15, 0.2) is 0 Å². The largest absolute Gasteiger partial charge is 0.368 e. The van der Waals surface area contributed by atoms with Crippen LogP contribution in [0.2, 0.25) is 0 Å². The van der Waals surface area contributed by atoms with Crippen molar-refractivity contribution >= 4 is 11.9 Å². The molecule has 9 heteroatoms. The normalized spacial score (nSPS) is 17.4. The van der Waals surface area contributed by atoms with E-state index in [0.29, 0.717) is 31.2 Å². The van der Waals surface area contributed by atoms with Gasteiger partial charge in [-0.3, -0.25) is 9.36 Å². The molecule has 3 aromatic rings. The minimum Gasteiger partial charge on any atom is -0.368 e. The van der Waals surface area contributed by atoms with Crippen LogP contribution in [0.4, 0.5) is 5.95 Å². The Kier molecular flexibility index (Phi) is 4.90. The number of fused-ring (bicyclic) bond motifs is 2. The third-order valence-corrected chi connectivity index (χ3v) is 6.10. The molecule has 9 nitrogen and oxygen atoms in total. The number of rotatable bonds is 3. The molecule has 0 unspecified atom stereocenters. The molecule has 4 heterocycles. The van der Waals surface area contributed by atoms with Gasteiger partial charge in [-0.25, -0.2) is 9.97 Å². The van der Waals surface area contributed by atoms with Crippen LogP contribution in [-0.2, 0) is 16.8 Å². The molecule has 1 saturated heterocycles. The van der Waals surface area contributed by atoms with Crippen LogP contribution < -0.4 is 4.90 Å². The summed E-state index contributed by atoms with van der Waals surface area (Å²) in [5, 5.41) is 7.67. The topological polar surface area (TPSA) is 89.3 Å². The van der Waals surface area contributed by atoms with Gasteiger partial charge >= 0.3 is 0 Å². The van der Waals surface area contributed by atoms with E-state index >= 15 is 0 Å². The second-order valence-electron chi connectivity index (χ2n) is 8.24. The molecule has 0 radical (unpaired) electrons. The predicted octanol–water partition coefficient (Wildman–Crippen LogP) is 1.83. The second kappa shape index (κ2) is 7.73. The van der Waals surface area contributed by atoms with Crippen molar-refractivity contribution in [1.29, 1.82) is 0 Å². The van der Waals surface area contributed by atoms with Crippen LogP contribution in [0, 0.1) is 0 Å². The molecule has 5 rings (SSSR count). The van der Waals surface area contributed by atoms with E-state index in [1.165, 1.54) is 0 Å². The van der Waals surface area contributed by atoms with Gasteiger partial charge in [0.2, 0.25) is 5.95 Å². The summed E-state index contributed by atoms with van der Waals surface area (Å²) in [5.74, 6) is 0.713. The average Bonchev–Trinajstić information content (AvgIpc) is 3.34. The molecule has 160 valence electrons. The van der Waals surface area contributed by atoms with E-state index in [4.69, 9.17) is 9.72 Å². The molecule has 2 aromatic heterocycles. The summed E-state index contributed by atoms with van der Waals surface area (Å²) >= 11 is 0. The summed E-state index contributed by atoms with van der Waals surface area (Å²) in [4.78, 5) is 26.3. The molecule has 0 aliphatic carbocycles. The van der Waals surface area contributed by atoms with E-state index in [1.807, 2.05) is 54.4 Å². The number of aromatic nitrogens is 5. The van der Waals surface area contributed by atoms with Crippen LogP contribution in [-0.4, -0.2) is 69.3 Å². The molecule has 31 heavy (non-hydrogen) atoms. The number of hydrogen-bond donors (Lipinski definition) is 0. The van der Waals surface area contributed by atoms with Crippen molar-refractivity contribution in [2.45, 2.75) is 24.9 Å². The zero-order valence-corrected chi connectivity index (χ0v) is 17.7. The summed E-state index contributed by atoms with van der Waals surface area (Å²) in [6.07, 6.45) is 7.44. The minimum absolute atomic E-state index is 0.0254. The van der Waals surface area contributed by atoms with Gasteiger partial charge < -0.3 is 14.5 Å². The van der Waals surface area contributed by atoms with Crippen LogP contribution >= 0.6 is 0 Å². The van der Waals surface area contributed by atoms with Crippen LogP contribution in [0.15, 0.2) is 43.1 Å². The van der Waals surface area contributed by atoms with Crippen molar-refractivity contribution in [2.75, 3.05) is 38.7 Å². The monoisotopic (exact) mass is 419 g/mol. The van der Waals surface area contributed by atoms with Gasteiger partial charge in [-0.05, 0) is 43.0 Å². The molecule has 1 aromatic carbocycles. The highest BCUT2D eigenvalue weighted by Crippen LogP contribution is 2.41. The summed E-state index contributed by atoms with van der Waals surface area (Å²) in [6, 6.07) is 7.54. The molecule has 0 bridgehead atoms. The Morgan fingerprint density at radius 1 is 1.16 bits per heavy atom. The number of benzene rings is 1. The summed E-state index contributed by atoms with van der Waals surface area (Å²) in [7, 11) is 3.88. The summed E-state index contributed by atoms with van der Waals surface area (Å²) < 4.78 is 8.09. The number of likely N-dealkylation sites (tertiary alicyclic amines) is 1. The number of anilines is 1. The van der Waals surface area contributed by atoms with Crippen molar-refractivity contribution in [1.82, 2.24) is 29.6 Å². The molecule has 2 aliphatic heterocycles. The van der Waals surface area contributed by atoms with E-state index in [-0.39, 0.29) is 5.91 Å². The van der Waals surface area contributed by atoms with Crippen LogP contribution in [0.1, 0.15) is 34.5 Å². The minimum atomic E-state index is -0.442. The standard InChI is InChI=1S/C22H25N7O2/c1-27(2)21-23-13-17-6-11-31-22(19(17)26-21)7-9-28(10-8-22)20(30)16-4-3-5-18(12-16)29-14-24-25-15-29/h3-5,12-15H,6-11H2,1-2H3. The maximum Gasteiger partial charge on any atom is 0.253 e. The molecule has 0 N–H and O–H groups in total. The van der Waals surface area contributed by atoms with E-state index in [1.54, 1.807) is 17.2 Å². The summed E-state index contributed by atoms with van der Waals surface area (Å²) in [6.45, 7) is 1.90. The molecule has 0 atom stereocenters.